The van der Waals surface area contributed by atoms with Crippen molar-refractivity contribution in [3.63, 3.8) is 0 Å². The molecule has 1 heterocycles. The van der Waals surface area contributed by atoms with Crippen LogP contribution in [0.3, 0.4) is 0 Å². The summed E-state index contributed by atoms with van der Waals surface area (Å²) in [7, 11) is 3.21. The van der Waals surface area contributed by atoms with E-state index >= 15 is 0 Å². The van der Waals surface area contributed by atoms with E-state index < -0.39 is 0 Å². The fourth-order valence-electron chi connectivity index (χ4n) is 2.16. The van der Waals surface area contributed by atoms with E-state index in [-0.39, 0.29) is 0 Å². The molecule has 0 N–H and O–H groups in total. The molecule has 4 nitrogen and oxygen atoms in total. The molecular formula is C20H23NO3. The number of hydrogen-bond donors (Lipinski definition) is 0. The van der Waals surface area contributed by atoms with E-state index in [1.807, 2.05) is 51.1 Å². The van der Waals surface area contributed by atoms with Gasteiger partial charge in [0.2, 0.25) is 0 Å². The van der Waals surface area contributed by atoms with E-state index in [0.29, 0.717) is 23.0 Å². The van der Waals surface area contributed by atoms with E-state index in [1.54, 1.807) is 20.4 Å². The summed E-state index contributed by atoms with van der Waals surface area (Å²) in [6.45, 7) is 9.97. The minimum absolute atomic E-state index is 0.632. The van der Waals surface area contributed by atoms with Crippen molar-refractivity contribution in [2.45, 2.75) is 20.8 Å². The number of methoxy groups -OCH3 is 2. The molecule has 0 aliphatic rings. The van der Waals surface area contributed by atoms with Gasteiger partial charge in [-0.1, -0.05) is 18.2 Å². The highest BCUT2D eigenvalue weighted by Crippen LogP contribution is 2.36. The maximum atomic E-state index is 6.09. The van der Waals surface area contributed by atoms with Crippen molar-refractivity contribution < 1.29 is 14.2 Å². The third kappa shape index (κ3) is 3.96. The SMILES string of the molecule is C=C(C)/C(=C\C=C(C)C)Oc1ccnc2cc(OC)c(OC)cc12. The predicted molar refractivity (Wildman–Crippen MR) is 97.8 cm³/mol. The van der Waals surface area contributed by atoms with Crippen molar-refractivity contribution in [1.29, 1.82) is 0 Å². The first-order chi connectivity index (χ1) is 11.5. The summed E-state index contributed by atoms with van der Waals surface area (Å²) in [5.41, 5.74) is 2.80. The monoisotopic (exact) mass is 325 g/mol. The van der Waals surface area contributed by atoms with Gasteiger partial charge in [-0.2, -0.15) is 0 Å². The molecule has 0 aliphatic heterocycles. The molecule has 126 valence electrons. The van der Waals surface area contributed by atoms with E-state index in [1.165, 1.54) is 5.57 Å². The van der Waals surface area contributed by atoms with Crippen molar-refractivity contribution in [3.05, 3.63) is 60.0 Å². The van der Waals surface area contributed by atoms with E-state index in [2.05, 4.69) is 11.6 Å². The van der Waals surface area contributed by atoms with Crippen LogP contribution in [0.5, 0.6) is 17.2 Å². The summed E-state index contributed by atoms with van der Waals surface area (Å²) in [5, 5.41) is 0.847. The lowest BCUT2D eigenvalue weighted by Crippen LogP contribution is -1.98. The van der Waals surface area contributed by atoms with Crippen LogP contribution < -0.4 is 14.2 Å². The number of pyridine rings is 1. The molecule has 1 aromatic heterocycles. The van der Waals surface area contributed by atoms with Gasteiger partial charge in [0.05, 0.1) is 19.7 Å². The smallest absolute Gasteiger partial charge is 0.162 e. The Kier molecular flexibility index (Phi) is 5.64. The number of allylic oxidation sites excluding steroid dienone is 4. The summed E-state index contributed by atoms with van der Waals surface area (Å²) < 4.78 is 16.8. The molecular weight excluding hydrogens is 302 g/mol. The zero-order valence-corrected chi connectivity index (χ0v) is 14.8. The van der Waals surface area contributed by atoms with E-state index in [9.17, 15) is 0 Å². The number of aromatic nitrogens is 1. The minimum atomic E-state index is 0.632. The van der Waals surface area contributed by atoms with Crippen LogP contribution in [0, 0.1) is 0 Å². The summed E-state index contributed by atoms with van der Waals surface area (Å²) >= 11 is 0. The topological polar surface area (TPSA) is 40.6 Å². The van der Waals surface area contributed by atoms with Crippen LogP contribution in [0.1, 0.15) is 20.8 Å². The third-order valence-electron chi connectivity index (χ3n) is 3.42. The van der Waals surface area contributed by atoms with Crippen LogP contribution in [-0.2, 0) is 0 Å². The van der Waals surface area contributed by atoms with Gasteiger partial charge in [0, 0.05) is 17.6 Å². The number of rotatable bonds is 6. The first-order valence-electron chi connectivity index (χ1n) is 7.66. The van der Waals surface area contributed by atoms with Crippen LogP contribution >= 0.6 is 0 Å². The Hall–Kier alpha value is -2.75. The second-order valence-corrected chi connectivity index (χ2v) is 5.69. The number of fused-ring (bicyclic) bond motifs is 1. The molecule has 0 radical (unpaired) electrons. The summed E-state index contributed by atoms with van der Waals surface area (Å²) in [6, 6.07) is 5.53. The van der Waals surface area contributed by atoms with Gasteiger partial charge in [0.25, 0.3) is 0 Å². The molecule has 2 rings (SSSR count). The van der Waals surface area contributed by atoms with Crippen LogP contribution in [0.25, 0.3) is 10.9 Å². The summed E-state index contributed by atoms with van der Waals surface area (Å²) in [5.74, 6) is 2.67. The lowest BCUT2D eigenvalue weighted by Gasteiger charge is -2.14. The zero-order valence-electron chi connectivity index (χ0n) is 14.8. The highest BCUT2D eigenvalue weighted by molar-refractivity contribution is 5.88. The largest absolute Gasteiger partial charge is 0.493 e. The van der Waals surface area contributed by atoms with Crippen molar-refractivity contribution in [2.24, 2.45) is 0 Å². The van der Waals surface area contributed by atoms with Gasteiger partial charge < -0.3 is 14.2 Å². The number of ether oxygens (including phenoxy) is 3. The Morgan fingerprint density at radius 1 is 1.00 bits per heavy atom. The summed E-state index contributed by atoms with van der Waals surface area (Å²) in [6.07, 6.45) is 5.63. The molecule has 0 atom stereocenters. The number of hydrogen-bond acceptors (Lipinski definition) is 4. The summed E-state index contributed by atoms with van der Waals surface area (Å²) in [4.78, 5) is 4.38. The first-order valence-corrected chi connectivity index (χ1v) is 7.66. The van der Waals surface area contributed by atoms with Gasteiger partial charge in [-0.25, -0.2) is 0 Å². The molecule has 0 spiro atoms. The fraction of sp³-hybridized carbons (Fsp3) is 0.250. The molecule has 2 aromatic rings. The van der Waals surface area contributed by atoms with Crippen molar-refractivity contribution in [2.75, 3.05) is 14.2 Å². The minimum Gasteiger partial charge on any atom is -0.493 e. The van der Waals surface area contributed by atoms with Gasteiger partial charge >= 0.3 is 0 Å². The zero-order chi connectivity index (χ0) is 17.7. The van der Waals surface area contributed by atoms with Gasteiger partial charge in [0.1, 0.15) is 11.5 Å². The fourth-order valence-corrected chi connectivity index (χ4v) is 2.16. The Morgan fingerprint density at radius 2 is 1.67 bits per heavy atom. The molecule has 1 aromatic carbocycles. The molecule has 0 fully saturated rings. The van der Waals surface area contributed by atoms with Crippen molar-refractivity contribution >= 4 is 10.9 Å². The van der Waals surface area contributed by atoms with Crippen molar-refractivity contribution in [1.82, 2.24) is 4.98 Å². The van der Waals surface area contributed by atoms with Crippen molar-refractivity contribution in [3.8, 4) is 17.2 Å². The Morgan fingerprint density at radius 3 is 2.25 bits per heavy atom. The van der Waals surface area contributed by atoms with Gasteiger partial charge in [0.15, 0.2) is 11.5 Å². The maximum absolute atomic E-state index is 6.09. The molecule has 0 saturated heterocycles. The van der Waals surface area contributed by atoms with Gasteiger partial charge in [-0.3, -0.25) is 4.98 Å². The molecule has 0 amide bonds. The van der Waals surface area contributed by atoms with Gasteiger partial charge in [-0.05, 0) is 44.6 Å². The number of benzene rings is 1. The molecule has 0 unspecified atom stereocenters. The number of nitrogens with zero attached hydrogens (tertiary/aromatic N) is 1. The lowest BCUT2D eigenvalue weighted by molar-refractivity contribution is 0.355. The van der Waals surface area contributed by atoms with Crippen LogP contribution in [0.4, 0.5) is 0 Å². The van der Waals surface area contributed by atoms with E-state index in [4.69, 9.17) is 14.2 Å². The Labute approximate surface area is 143 Å². The molecule has 4 heteroatoms. The first kappa shape index (κ1) is 17.6. The van der Waals surface area contributed by atoms with Crippen LogP contribution in [-0.4, -0.2) is 19.2 Å². The van der Waals surface area contributed by atoms with Gasteiger partial charge in [-0.15, -0.1) is 0 Å². The van der Waals surface area contributed by atoms with Crippen LogP contribution in [0.2, 0.25) is 0 Å². The molecule has 24 heavy (non-hydrogen) atoms. The quantitative estimate of drug-likeness (QED) is 0.550. The average molecular weight is 325 g/mol. The maximum Gasteiger partial charge on any atom is 0.162 e. The molecule has 0 bridgehead atoms. The third-order valence-corrected chi connectivity index (χ3v) is 3.42. The van der Waals surface area contributed by atoms with Crippen LogP contribution in [0.15, 0.2) is 60.0 Å². The van der Waals surface area contributed by atoms with E-state index in [0.717, 1.165) is 16.5 Å². The predicted octanol–water partition coefficient (Wildman–Crippen LogP) is 5.06. The standard InChI is InChI=1S/C20H23NO3/c1-13(2)7-8-17(14(3)4)24-18-9-10-21-16-12-20(23-6)19(22-5)11-15(16)18/h7-12H,3H2,1-2,4-6H3/b17-8+. The molecule has 0 saturated carbocycles. The highest BCUT2D eigenvalue weighted by Gasteiger charge is 2.12. The average Bonchev–Trinajstić information content (AvgIpc) is 2.56. The second kappa shape index (κ2) is 7.68. The Bertz CT molecular complexity index is 815. The molecule has 0 aliphatic carbocycles. The normalized spacial score (nSPS) is 11.1. The lowest BCUT2D eigenvalue weighted by atomic mass is 10.1. The Balaban J connectivity index is 2.53. The second-order valence-electron chi connectivity index (χ2n) is 5.69. The highest BCUT2D eigenvalue weighted by atomic mass is 16.5.